The molecule has 138 valence electrons. The number of carboxylic acids is 1. The number of aromatic nitrogens is 1. The fraction of sp³-hybridized carbons (Fsp3) is 0.143. The molecule has 1 aromatic heterocycles. The van der Waals surface area contributed by atoms with Crippen molar-refractivity contribution in [2.75, 3.05) is 0 Å². The van der Waals surface area contributed by atoms with Crippen LogP contribution in [-0.2, 0) is 13.0 Å². The van der Waals surface area contributed by atoms with Gasteiger partial charge in [-0.2, -0.15) is 0 Å². The molecule has 0 bridgehead atoms. The molecule has 0 saturated heterocycles. The van der Waals surface area contributed by atoms with E-state index in [0.29, 0.717) is 34.3 Å². The molecule has 0 amide bonds. The Kier molecular flexibility index (Phi) is 5.68. The van der Waals surface area contributed by atoms with Crippen LogP contribution >= 0.6 is 23.2 Å². The largest absolute Gasteiger partial charge is 0.477 e. The van der Waals surface area contributed by atoms with E-state index in [9.17, 15) is 14.7 Å². The molecule has 0 unspecified atom stereocenters. The van der Waals surface area contributed by atoms with Gasteiger partial charge in [0.05, 0.1) is 15.7 Å². The Bertz CT molecular complexity index is 1060. The highest BCUT2D eigenvalue weighted by atomic mass is 35.5. The molecule has 0 aliphatic rings. The average Bonchev–Trinajstić information content (AvgIpc) is 2.64. The molecule has 0 aliphatic heterocycles. The standard InChI is InChI=1S/C21H17Cl2NO3/c1-2-24-15(10-13-6-4-3-5-7-13)12-18(25)19(21(26)27)20(24)14-8-9-16(22)17(23)11-14/h3-9,11-12H,2,10H2,1H3,(H,26,27). The fourth-order valence-corrected chi connectivity index (χ4v) is 3.46. The van der Waals surface area contributed by atoms with Crippen molar-refractivity contribution in [2.45, 2.75) is 19.9 Å². The van der Waals surface area contributed by atoms with Gasteiger partial charge in [-0.15, -0.1) is 0 Å². The number of nitrogens with zero attached hydrogens (tertiary/aromatic N) is 1. The lowest BCUT2D eigenvalue weighted by atomic mass is 10.0. The summed E-state index contributed by atoms with van der Waals surface area (Å²) in [5, 5.41) is 10.3. The van der Waals surface area contributed by atoms with Gasteiger partial charge in [-0.3, -0.25) is 4.79 Å². The van der Waals surface area contributed by atoms with Crippen LogP contribution in [0.15, 0.2) is 59.4 Å². The zero-order valence-electron chi connectivity index (χ0n) is 14.6. The Balaban J connectivity index is 2.29. The van der Waals surface area contributed by atoms with E-state index >= 15 is 0 Å². The summed E-state index contributed by atoms with van der Waals surface area (Å²) >= 11 is 12.1. The van der Waals surface area contributed by atoms with Crippen LogP contribution in [0, 0.1) is 0 Å². The summed E-state index contributed by atoms with van der Waals surface area (Å²) in [4.78, 5) is 24.5. The molecule has 1 N–H and O–H groups in total. The summed E-state index contributed by atoms with van der Waals surface area (Å²) in [6, 6.07) is 16.0. The number of pyridine rings is 1. The molecule has 6 heteroatoms. The van der Waals surface area contributed by atoms with Gasteiger partial charge in [0.25, 0.3) is 0 Å². The predicted molar refractivity (Wildman–Crippen MR) is 108 cm³/mol. The van der Waals surface area contributed by atoms with Crippen molar-refractivity contribution < 1.29 is 9.90 Å². The van der Waals surface area contributed by atoms with Crippen LogP contribution in [0.1, 0.15) is 28.5 Å². The van der Waals surface area contributed by atoms with Crippen molar-refractivity contribution >= 4 is 29.2 Å². The van der Waals surface area contributed by atoms with Crippen molar-refractivity contribution in [3.63, 3.8) is 0 Å². The van der Waals surface area contributed by atoms with Gasteiger partial charge >= 0.3 is 5.97 Å². The summed E-state index contributed by atoms with van der Waals surface area (Å²) in [5.74, 6) is -1.27. The van der Waals surface area contributed by atoms with Crippen LogP contribution < -0.4 is 5.43 Å². The minimum absolute atomic E-state index is 0.271. The smallest absolute Gasteiger partial charge is 0.341 e. The van der Waals surface area contributed by atoms with Crippen molar-refractivity contribution in [2.24, 2.45) is 0 Å². The van der Waals surface area contributed by atoms with Gasteiger partial charge < -0.3 is 9.67 Å². The summed E-state index contributed by atoms with van der Waals surface area (Å²) in [5.41, 5.74) is 1.84. The first kappa shape index (κ1) is 19.2. The molecule has 27 heavy (non-hydrogen) atoms. The van der Waals surface area contributed by atoms with Crippen molar-refractivity contribution in [3.05, 3.63) is 91.7 Å². The molecular weight excluding hydrogens is 385 g/mol. The Morgan fingerprint density at radius 2 is 1.74 bits per heavy atom. The lowest BCUT2D eigenvalue weighted by Crippen LogP contribution is -2.23. The molecule has 0 spiro atoms. The third-order valence-electron chi connectivity index (χ3n) is 4.35. The Morgan fingerprint density at radius 3 is 2.33 bits per heavy atom. The molecule has 0 radical (unpaired) electrons. The molecular formula is C21H17Cl2NO3. The third kappa shape index (κ3) is 3.92. The van der Waals surface area contributed by atoms with Gasteiger partial charge in [-0.25, -0.2) is 4.79 Å². The van der Waals surface area contributed by atoms with Gasteiger partial charge in [0.15, 0.2) is 5.43 Å². The van der Waals surface area contributed by atoms with Crippen molar-refractivity contribution in [3.8, 4) is 11.3 Å². The minimum atomic E-state index is -1.27. The molecule has 2 aromatic carbocycles. The van der Waals surface area contributed by atoms with Crippen molar-refractivity contribution in [1.29, 1.82) is 0 Å². The molecule has 4 nitrogen and oxygen atoms in total. The SMILES string of the molecule is CCn1c(Cc2ccccc2)cc(=O)c(C(=O)O)c1-c1ccc(Cl)c(Cl)c1. The van der Waals surface area contributed by atoms with Crippen LogP contribution in [0.3, 0.4) is 0 Å². The summed E-state index contributed by atoms with van der Waals surface area (Å²) in [6.45, 7) is 2.41. The van der Waals surface area contributed by atoms with E-state index in [1.54, 1.807) is 18.2 Å². The van der Waals surface area contributed by atoms with E-state index in [1.807, 2.05) is 41.8 Å². The minimum Gasteiger partial charge on any atom is -0.477 e. The number of benzene rings is 2. The van der Waals surface area contributed by atoms with Gasteiger partial charge in [0, 0.05) is 30.3 Å². The molecule has 3 rings (SSSR count). The summed E-state index contributed by atoms with van der Waals surface area (Å²) in [6.07, 6.45) is 0.512. The molecule has 1 heterocycles. The molecule has 0 saturated carbocycles. The number of hydrogen-bond acceptors (Lipinski definition) is 2. The van der Waals surface area contributed by atoms with E-state index in [0.717, 1.165) is 11.3 Å². The van der Waals surface area contributed by atoms with Gasteiger partial charge in [-0.05, 0) is 24.6 Å². The highest BCUT2D eigenvalue weighted by molar-refractivity contribution is 6.42. The van der Waals surface area contributed by atoms with E-state index < -0.39 is 11.4 Å². The molecule has 0 fully saturated rings. The van der Waals surface area contributed by atoms with Crippen LogP contribution in [0.5, 0.6) is 0 Å². The molecule has 0 atom stereocenters. The third-order valence-corrected chi connectivity index (χ3v) is 5.09. The number of rotatable bonds is 5. The highest BCUT2D eigenvalue weighted by Gasteiger charge is 2.22. The maximum absolute atomic E-state index is 12.6. The summed E-state index contributed by atoms with van der Waals surface area (Å²) < 4.78 is 1.84. The van der Waals surface area contributed by atoms with E-state index in [-0.39, 0.29) is 5.56 Å². The van der Waals surface area contributed by atoms with Crippen LogP contribution in [0.25, 0.3) is 11.3 Å². The number of carboxylic acid groups (broad SMARTS) is 1. The first-order valence-corrected chi connectivity index (χ1v) is 9.17. The second kappa shape index (κ2) is 7.99. The number of aromatic carboxylic acids is 1. The van der Waals surface area contributed by atoms with Crippen LogP contribution in [0.2, 0.25) is 10.0 Å². The van der Waals surface area contributed by atoms with Crippen molar-refractivity contribution in [1.82, 2.24) is 4.57 Å². The Labute approximate surface area is 166 Å². The normalized spacial score (nSPS) is 10.8. The van der Waals surface area contributed by atoms with Gasteiger partial charge in [-0.1, -0.05) is 59.6 Å². The first-order valence-electron chi connectivity index (χ1n) is 8.41. The Hall–Kier alpha value is -2.56. The van der Waals surface area contributed by atoms with Gasteiger partial charge in [0.2, 0.25) is 0 Å². The summed E-state index contributed by atoms with van der Waals surface area (Å²) in [7, 11) is 0. The highest BCUT2D eigenvalue weighted by Crippen LogP contribution is 2.31. The second-order valence-corrected chi connectivity index (χ2v) is 6.88. The first-order chi connectivity index (χ1) is 12.9. The topological polar surface area (TPSA) is 59.3 Å². The van der Waals surface area contributed by atoms with E-state index in [4.69, 9.17) is 23.2 Å². The van der Waals surface area contributed by atoms with Gasteiger partial charge in [0.1, 0.15) is 5.56 Å². The lowest BCUT2D eigenvalue weighted by molar-refractivity contribution is 0.0695. The maximum Gasteiger partial charge on any atom is 0.341 e. The predicted octanol–water partition coefficient (Wildman–Crippen LogP) is 5.13. The number of halogens is 2. The molecule has 0 aliphatic carbocycles. The fourth-order valence-electron chi connectivity index (χ4n) is 3.16. The van der Waals surface area contributed by atoms with E-state index in [2.05, 4.69) is 0 Å². The molecule has 3 aromatic rings. The average molecular weight is 402 g/mol. The second-order valence-electron chi connectivity index (χ2n) is 6.06. The Morgan fingerprint density at radius 1 is 1.04 bits per heavy atom. The quantitative estimate of drug-likeness (QED) is 0.644. The van der Waals surface area contributed by atoms with Crippen LogP contribution in [0.4, 0.5) is 0 Å². The van der Waals surface area contributed by atoms with Crippen LogP contribution in [-0.4, -0.2) is 15.6 Å². The number of carbonyl (C=O) groups is 1. The van der Waals surface area contributed by atoms with E-state index in [1.165, 1.54) is 6.07 Å². The zero-order chi connectivity index (χ0) is 19.6. The lowest BCUT2D eigenvalue weighted by Gasteiger charge is -2.20. The monoisotopic (exact) mass is 401 g/mol. The number of hydrogen-bond donors (Lipinski definition) is 1. The zero-order valence-corrected chi connectivity index (χ0v) is 16.1. The maximum atomic E-state index is 12.6.